The number of halogens is 3. The van der Waals surface area contributed by atoms with Crippen LogP contribution in [0.3, 0.4) is 0 Å². The molecule has 1 aromatic carbocycles. The average molecular weight is 231 g/mol. The first-order chi connectivity index (χ1) is 7.36. The highest BCUT2D eigenvalue weighted by atomic mass is 19.3. The molecule has 0 radical (unpaired) electrons. The summed E-state index contributed by atoms with van der Waals surface area (Å²) >= 11 is 0. The number of ether oxygens (including phenoxy) is 1. The maximum absolute atomic E-state index is 13.6. The number of benzene rings is 1. The maximum Gasteiger partial charge on any atom is 0.252 e. The molecule has 0 aromatic heterocycles. The highest BCUT2D eigenvalue weighted by Crippen LogP contribution is 2.50. The van der Waals surface area contributed by atoms with Crippen molar-refractivity contribution in [3.8, 4) is 5.75 Å². The van der Waals surface area contributed by atoms with Gasteiger partial charge in [0.05, 0.1) is 12.6 Å². The molecule has 5 heteroatoms. The monoisotopic (exact) mass is 231 g/mol. The van der Waals surface area contributed by atoms with E-state index in [1.165, 1.54) is 19.2 Å². The van der Waals surface area contributed by atoms with E-state index in [0.717, 1.165) is 6.07 Å². The zero-order valence-electron chi connectivity index (χ0n) is 8.77. The van der Waals surface area contributed by atoms with Crippen molar-refractivity contribution >= 4 is 0 Å². The first-order valence-electron chi connectivity index (χ1n) is 4.87. The Bertz CT molecular complexity index is 412. The Morgan fingerprint density at radius 1 is 1.31 bits per heavy atom. The molecule has 1 saturated carbocycles. The molecule has 0 heterocycles. The zero-order chi connectivity index (χ0) is 12.0. The smallest absolute Gasteiger partial charge is 0.252 e. The molecule has 2 nitrogen and oxygen atoms in total. The number of hydrogen-bond donors (Lipinski definition) is 1. The minimum absolute atomic E-state index is 0.124. The van der Waals surface area contributed by atoms with Crippen LogP contribution in [-0.2, 0) is 5.54 Å². The molecule has 0 saturated heterocycles. The Balaban J connectivity index is 2.29. The third-order valence-electron chi connectivity index (χ3n) is 2.86. The van der Waals surface area contributed by atoms with Crippen LogP contribution in [0.4, 0.5) is 13.2 Å². The quantitative estimate of drug-likeness (QED) is 0.848. The van der Waals surface area contributed by atoms with Crippen LogP contribution in [0, 0.1) is 5.82 Å². The van der Waals surface area contributed by atoms with E-state index in [4.69, 9.17) is 10.5 Å². The van der Waals surface area contributed by atoms with Crippen LogP contribution in [0.1, 0.15) is 18.4 Å². The third kappa shape index (κ3) is 1.75. The summed E-state index contributed by atoms with van der Waals surface area (Å²) in [5.41, 5.74) is 4.61. The molecule has 0 atom stereocenters. The van der Waals surface area contributed by atoms with Crippen molar-refractivity contribution in [2.24, 2.45) is 5.73 Å². The minimum atomic E-state index is -2.78. The van der Waals surface area contributed by atoms with Gasteiger partial charge in [0.1, 0.15) is 11.6 Å². The van der Waals surface area contributed by atoms with Crippen molar-refractivity contribution in [1.29, 1.82) is 0 Å². The summed E-state index contributed by atoms with van der Waals surface area (Å²) in [6.07, 6.45) is -1.02. The van der Waals surface area contributed by atoms with Gasteiger partial charge in [0.2, 0.25) is 0 Å². The SMILES string of the molecule is COc1ccc(C2(N)CC(F)(F)C2)c(F)c1. The fraction of sp³-hybridized carbons (Fsp3) is 0.455. The number of alkyl halides is 2. The summed E-state index contributed by atoms with van der Waals surface area (Å²) in [6, 6.07) is 4.08. The first-order valence-corrected chi connectivity index (χ1v) is 4.87. The second-order valence-corrected chi connectivity index (χ2v) is 4.21. The molecule has 1 fully saturated rings. The van der Waals surface area contributed by atoms with Gasteiger partial charge in [-0.2, -0.15) is 0 Å². The van der Waals surface area contributed by atoms with Crippen molar-refractivity contribution < 1.29 is 17.9 Å². The average Bonchev–Trinajstić information content (AvgIpc) is 2.13. The molecular formula is C11H12F3NO. The number of rotatable bonds is 2. The topological polar surface area (TPSA) is 35.2 Å². The van der Waals surface area contributed by atoms with Crippen molar-refractivity contribution in [2.45, 2.75) is 24.3 Å². The van der Waals surface area contributed by atoms with Gasteiger partial charge in [-0.15, -0.1) is 0 Å². The predicted octanol–water partition coefficient (Wildman–Crippen LogP) is 2.42. The van der Waals surface area contributed by atoms with E-state index in [1.54, 1.807) is 0 Å². The first kappa shape index (κ1) is 11.3. The van der Waals surface area contributed by atoms with Crippen LogP contribution >= 0.6 is 0 Å². The number of nitrogens with two attached hydrogens (primary N) is 1. The molecule has 0 unspecified atom stereocenters. The summed E-state index contributed by atoms with van der Waals surface area (Å²) in [5, 5.41) is 0. The van der Waals surface area contributed by atoms with E-state index in [2.05, 4.69) is 0 Å². The van der Waals surface area contributed by atoms with Crippen molar-refractivity contribution in [3.63, 3.8) is 0 Å². The van der Waals surface area contributed by atoms with Gasteiger partial charge in [0, 0.05) is 24.5 Å². The molecule has 0 amide bonds. The fourth-order valence-corrected chi connectivity index (χ4v) is 2.09. The second kappa shape index (κ2) is 3.38. The molecule has 1 aromatic rings. The van der Waals surface area contributed by atoms with Crippen LogP contribution in [-0.4, -0.2) is 13.0 Å². The van der Waals surface area contributed by atoms with E-state index in [1.807, 2.05) is 0 Å². The normalized spacial score (nSPS) is 21.3. The molecule has 1 aliphatic carbocycles. The van der Waals surface area contributed by atoms with E-state index >= 15 is 0 Å². The fourth-order valence-electron chi connectivity index (χ4n) is 2.09. The Morgan fingerprint density at radius 2 is 1.94 bits per heavy atom. The predicted molar refractivity (Wildman–Crippen MR) is 53.0 cm³/mol. The van der Waals surface area contributed by atoms with Crippen molar-refractivity contribution in [1.82, 2.24) is 0 Å². The summed E-state index contributed by atoms with van der Waals surface area (Å²) in [4.78, 5) is 0. The van der Waals surface area contributed by atoms with Gasteiger partial charge in [0.25, 0.3) is 5.92 Å². The Labute approximate surface area is 91.2 Å². The second-order valence-electron chi connectivity index (χ2n) is 4.21. The lowest BCUT2D eigenvalue weighted by atomic mass is 9.69. The van der Waals surface area contributed by atoms with Gasteiger partial charge in [-0.3, -0.25) is 0 Å². The van der Waals surface area contributed by atoms with Crippen LogP contribution in [0.5, 0.6) is 5.75 Å². The lowest BCUT2D eigenvalue weighted by Gasteiger charge is -2.44. The van der Waals surface area contributed by atoms with E-state index in [9.17, 15) is 13.2 Å². The van der Waals surface area contributed by atoms with E-state index in [0.29, 0.717) is 5.75 Å². The zero-order valence-corrected chi connectivity index (χ0v) is 8.77. The maximum atomic E-state index is 13.6. The molecule has 2 rings (SSSR count). The van der Waals surface area contributed by atoms with E-state index in [-0.39, 0.29) is 5.56 Å². The summed E-state index contributed by atoms with van der Waals surface area (Å²) in [5.74, 6) is -3.03. The van der Waals surface area contributed by atoms with Crippen LogP contribution < -0.4 is 10.5 Å². The molecular weight excluding hydrogens is 219 g/mol. The Hall–Kier alpha value is -1.23. The largest absolute Gasteiger partial charge is 0.497 e. The lowest BCUT2D eigenvalue weighted by Crippen LogP contribution is -2.55. The van der Waals surface area contributed by atoms with Crippen LogP contribution in [0.15, 0.2) is 18.2 Å². The standard InChI is InChI=1S/C11H12F3NO/c1-16-7-2-3-8(9(12)4-7)10(15)5-11(13,14)6-10/h2-4H,5-6,15H2,1H3. The highest BCUT2D eigenvalue weighted by molar-refractivity contribution is 5.35. The molecule has 1 aliphatic rings. The number of hydrogen-bond acceptors (Lipinski definition) is 2. The van der Waals surface area contributed by atoms with Crippen LogP contribution in [0.25, 0.3) is 0 Å². The lowest BCUT2D eigenvalue weighted by molar-refractivity contribution is -0.125. The van der Waals surface area contributed by atoms with Gasteiger partial charge in [-0.25, -0.2) is 13.2 Å². The summed E-state index contributed by atoms with van der Waals surface area (Å²) in [6.45, 7) is 0. The van der Waals surface area contributed by atoms with Gasteiger partial charge in [-0.05, 0) is 6.07 Å². The molecule has 2 N–H and O–H groups in total. The molecule has 88 valence electrons. The van der Waals surface area contributed by atoms with Gasteiger partial charge >= 0.3 is 0 Å². The Kier molecular flexibility index (Phi) is 2.38. The molecule has 0 spiro atoms. The van der Waals surface area contributed by atoms with Gasteiger partial charge < -0.3 is 10.5 Å². The minimum Gasteiger partial charge on any atom is -0.497 e. The molecule has 0 aliphatic heterocycles. The van der Waals surface area contributed by atoms with E-state index < -0.39 is 30.1 Å². The third-order valence-corrected chi connectivity index (χ3v) is 2.86. The summed E-state index contributed by atoms with van der Waals surface area (Å²) in [7, 11) is 1.41. The van der Waals surface area contributed by atoms with Crippen molar-refractivity contribution in [3.05, 3.63) is 29.6 Å². The summed E-state index contributed by atoms with van der Waals surface area (Å²) < 4.78 is 44.0. The number of methoxy groups -OCH3 is 1. The molecule has 0 bridgehead atoms. The highest BCUT2D eigenvalue weighted by Gasteiger charge is 2.56. The van der Waals surface area contributed by atoms with Crippen LogP contribution in [0.2, 0.25) is 0 Å². The molecule has 16 heavy (non-hydrogen) atoms. The van der Waals surface area contributed by atoms with Gasteiger partial charge in [0.15, 0.2) is 0 Å². The van der Waals surface area contributed by atoms with Gasteiger partial charge in [-0.1, -0.05) is 6.07 Å². The Morgan fingerprint density at radius 3 is 2.38 bits per heavy atom. The van der Waals surface area contributed by atoms with Crippen molar-refractivity contribution in [2.75, 3.05) is 7.11 Å².